The van der Waals surface area contributed by atoms with E-state index in [-0.39, 0.29) is 16.5 Å². The Hall–Kier alpha value is -1.27. The number of hydrogen-bond donors (Lipinski definition) is 1. The van der Waals surface area contributed by atoms with Crippen molar-refractivity contribution in [2.45, 2.75) is 4.90 Å². The van der Waals surface area contributed by atoms with Crippen molar-refractivity contribution in [3.63, 3.8) is 0 Å². The predicted molar refractivity (Wildman–Crippen MR) is 79.5 cm³/mol. The van der Waals surface area contributed by atoms with E-state index in [0.717, 1.165) is 6.07 Å². The number of nitro benzene ring substituents is 1. The number of nitrogens with one attached hydrogen (secondary N) is 1. The first kappa shape index (κ1) is 16.8. The highest BCUT2D eigenvalue weighted by Crippen LogP contribution is 2.26. The van der Waals surface area contributed by atoms with E-state index < -0.39 is 20.6 Å². The van der Waals surface area contributed by atoms with Gasteiger partial charge in [0.2, 0.25) is 10.0 Å². The third kappa shape index (κ3) is 4.68. The molecule has 0 atom stereocenters. The number of nitro groups is 1. The molecule has 108 valence electrons. The van der Waals surface area contributed by atoms with Crippen molar-refractivity contribution in [3.8, 4) is 12.3 Å². The smallest absolute Gasteiger partial charge is 0.258 e. The maximum atomic E-state index is 11.9. The minimum atomic E-state index is -3.80. The van der Waals surface area contributed by atoms with Crippen LogP contribution in [0.4, 0.5) is 5.69 Å². The topological polar surface area (TPSA) is 89.3 Å². The zero-order valence-electron chi connectivity index (χ0n) is 10.2. The molecule has 0 saturated heterocycles. The third-order valence-electron chi connectivity index (χ3n) is 2.15. The highest BCUT2D eigenvalue weighted by molar-refractivity contribution is 7.99. The number of halogens is 1. The van der Waals surface area contributed by atoms with Gasteiger partial charge in [-0.15, -0.1) is 18.2 Å². The number of rotatable bonds is 7. The summed E-state index contributed by atoms with van der Waals surface area (Å²) < 4.78 is 26.2. The Labute approximate surface area is 126 Å². The molecule has 0 aromatic heterocycles. The van der Waals surface area contributed by atoms with Gasteiger partial charge in [0, 0.05) is 18.4 Å². The second-order valence-electron chi connectivity index (χ2n) is 3.52. The van der Waals surface area contributed by atoms with E-state index in [1.54, 1.807) is 0 Å². The molecule has 0 amide bonds. The molecule has 1 rings (SSSR count). The summed E-state index contributed by atoms with van der Waals surface area (Å²) in [4.78, 5) is 9.79. The van der Waals surface area contributed by atoms with Crippen LogP contribution in [-0.2, 0) is 10.0 Å². The van der Waals surface area contributed by atoms with E-state index >= 15 is 0 Å². The number of nitrogens with zero attached hydrogens (tertiary/aromatic N) is 1. The maximum absolute atomic E-state index is 11.9. The number of thioether (sulfide) groups is 1. The van der Waals surface area contributed by atoms with Gasteiger partial charge in [-0.05, 0) is 12.1 Å². The van der Waals surface area contributed by atoms with Crippen molar-refractivity contribution in [2.75, 3.05) is 18.1 Å². The first-order valence-corrected chi connectivity index (χ1v) is 8.35. The highest BCUT2D eigenvalue weighted by atomic mass is 35.5. The molecule has 0 aliphatic carbocycles. The number of sulfonamides is 1. The fourth-order valence-corrected chi connectivity index (χ4v) is 3.14. The van der Waals surface area contributed by atoms with Crippen LogP contribution in [0.2, 0.25) is 5.02 Å². The lowest BCUT2D eigenvalue weighted by Crippen LogP contribution is -2.26. The summed E-state index contributed by atoms with van der Waals surface area (Å²) in [5.74, 6) is 3.43. The van der Waals surface area contributed by atoms with Crippen molar-refractivity contribution in [3.05, 3.63) is 33.3 Å². The lowest BCUT2D eigenvalue weighted by atomic mass is 10.3. The molecule has 0 heterocycles. The molecule has 0 radical (unpaired) electrons. The molecular formula is C11H11ClN2O4S2. The van der Waals surface area contributed by atoms with Crippen molar-refractivity contribution < 1.29 is 13.3 Å². The van der Waals surface area contributed by atoms with E-state index in [2.05, 4.69) is 10.6 Å². The summed E-state index contributed by atoms with van der Waals surface area (Å²) in [6, 6.07) is 3.33. The lowest BCUT2D eigenvalue weighted by Gasteiger charge is -2.06. The Morgan fingerprint density at radius 3 is 2.80 bits per heavy atom. The largest absolute Gasteiger partial charge is 0.289 e. The van der Waals surface area contributed by atoms with Crippen LogP contribution >= 0.6 is 23.4 Å². The second-order valence-corrected chi connectivity index (χ2v) is 6.80. The van der Waals surface area contributed by atoms with Crippen LogP contribution in [-0.4, -0.2) is 31.4 Å². The summed E-state index contributed by atoms with van der Waals surface area (Å²) in [5, 5.41) is 10.6. The van der Waals surface area contributed by atoms with Crippen LogP contribution < -0.4 is 4.72 Å². The monoisotopic (exact) mass is 334 g/mol. The molecule has 6 nitrogen and oxygen atoms in total. The molecule has 0 bridgehead atoms. The number of hydrogen-bond acceptors (Lipinski definition) is 5. The van der Waals surface area contributed by atoms with Crippen LogP contribution in [0.25, 0.3) is 0 Å². The van der Waals surface area contributed by atoms with Crippen molar-refractivity contribution in [1.29, 1.82) is 0 Å². The number of terminal acetylenes is 1. The average Bonchev–Trinajstić information content (AvgIpc) is 2.38. The first-order valence-electron chi connectivity index (χ1n) is 5.33. The quantitative estimate of drug-likeness (QED) is 0.356. The Bertz CT molecular complexity index is 640. The standard InChI is InChI=1S/C11H11ClN2O4S2/c1-2-6-19-7-5-13-20(17,18)9-3-4-10(12)11(8-9)14(15)16/h1,3-4,8,13H,5-7H2. The summed E-state index contributed by atoms with van der Waals surface area (Å²) in [6.07, 6.45) is 5.06. The summed E-state index contributed by atoms with van der Waals surface area (Å²) in [7, 11) is -3.80. The number of benzene rings is 1. The van der Waals surface area contributed by atoms with Crippen LogP contribution in [0.3, 0.4) is 0 Å². The van der Waals surface area contributed by atoms with Gasteiger partial charge in [-0.2, -0.15) is 0 Å². The van der Waals surface area contributed by atoms with Gasteiger partial charge >= 0.3 is 0 Å². The van der Waals surface area contributed by atoms with Gasteiger partial charge in [0.05, 0.1) is 15.6 Å². The molecule has 9 heteroatoms. The third-order valence-corrected chi connectivity index (χ3v) is 4.79. The van der Waals surface area contributed by atoms with Gasteiger partial charge in [-0.1, -0.05) is 17.5 Å². The molecule has 1 aromatic rings. The normalized spacial score (nSPS) is 11.0. The Balaban J connectivity index is 2.80. The van der Waals surface area contributed by atoms with Crippen LogP contribution in [0.15, 0.2) is 23.1 Å². The molecule has 20 heavy (non-hydrogen) atoms. The first-order chi connectivity index (χ1) is 9.38. The summed E-state index contributed by atoms with van der Waals surface area (Å²) >= 11 is 7.03. The van der Waals surface area contributed by atoms with E-state index in [9.17, 15) is 18.5 Å². The van der Waals surface area contributed by atoms with Crippen LogP contribution in [0, 0.1) is 22.5 Å². The summed E-state index contributed by atoms with van der Waals surface area (Å²) in [5.41, 5.74) is -0.448. The van der Waals surface area contributed by atoms with E-state index in [1.807, 2.05) is 0 Å². The van der Waals surface area contributed by atoms with Crippen LogP contribution in [0.1, 0.15) is 0 Å². The average molecular weight is 335 g/mol. The van der Waals surface area contributed by atoms with Gasteiger partial charge in [-0.25, -0.2) is 13.1 Å². The lowest BCUT2D eigenvalue weighted by molar-refractivity contribution is -0.384. The van der Waals surface area contributed by atoms with E-state index in [1.165, 1.54) is 23.9 Å². The van der Waals surface area contributed by atoms with Crippen molar-refractivity contribution >= 4 is 39.1 Å². The highest BCUT2D eigenvalue weighted by Gasteiger charge is 2.20. The van der Waals surface area contributed by atoms with E-state index in [0.29, 0.717) is 11.5 Å². The van der Waals surface area contributed by atoms with Gasteiger partial charge in [0.25, 0.3) is 5.69 Å². The Morgan fingerprint density at radius 2 is 2.20 bits per heavy atom. The maximum Gasteiger partial charge on any atom is 0.289 e. The minimum absolute atomic E-state index is 0.112. The fraction of sp³-hybridized carbons (Fsp3) is 0.273. The predicted octanol–water partition coefficient (Wildman–Crippen LogP) is 1.89. The van der Waals surface area contributed by atoms with Gasteiger partial charge in [0.15, 0.2) is 0 Å². The van der Waals surface area contributed by atoms with Gasteiger partial charge in [0.1, 0.15) is 5.02 Å². The molecule has 0 unspecified atom stereocenters. The van der Waals surface area contributed by atoms with Gasteiger partial charge < -0.3 is 0 Å². The SMILES string of the molecule is C#CCSCCNS(=O)(=O)c1ccc(Cl)c([N+](=O)[O-])c1. The molecule has 0 saturated carbocycles. The molecule has 1 aromatic carbocycles. The minimum Gasteiger partial charge on any atom is -0.258 e. The van der Waals surface area contributed by atoms with Crippen LogP contribution in [0.5, 0.6) is 0 Å². The summed E-state index contributed by atoms with van der Waals surface area (Å²) in [6.45, 7) is 0.186. The Kier molecular flexibility index (Phi) is 6.29. The fourth-order valence-electron chi connectivity index (χ4n) is 1.26. The molecule has 0 fully saturated rings. The van der Waals surface area contributed by atoms with E-state index in [4.69, 9.17) is 18.0 Å². The van der Waals surface area contributed by atoms with Crippen molar-refractivity contribution in [2.24, 2.45) is 0 Å². The molecule has 1 N–H and O–H groups in total. The molecule has 0 aliphatic rings. The zero-order chi connectivity index (χ0) is 15.2. The molecule has 0 aliphatic heterocycles. The second kappa shape index (κ2) is 7.50. The molecular weight excluding hydrogens is 324 g/mol. The Morgan fingerprint density at radius 1 is 1.50 bits per heavy atom. The van der Waals surface area contributed by atoms with Gasteiger partial charge in [-0.3, -0.25) is 10.1 Å². The van der Waals surface area contributed by atoms with Crippen molar-refractivity contribution in [1.82, 2.24) is 4.72 Å². The zero-order valence-corrected chi connectivity index (χ0v) is 12.6. The molecule has 0 spiro atoms.